The highest BCUT2D eigenvalue weighted by Gasteiger charge is 2.47. The van der Waals surface area contributed by atoms with Crippen molar-refractivity contribution < 1.29 is 18.8 Å². The summed E-state index contributed by atoms with van der Waals surface area (Å²) in [5, 5.41) is 11.8. The van der Waals surface area contributed by atoms with Crippen LogP contribution in [0.25, 0.3) is 0 Å². The first kappa shape index (κ1) is 17.4. The van der Waals surface area contributed by atoms with Crippen LogP contribution >= 0.6 is 23.2 Å². The lowest BCUT2D eigenvalue weighted by atomic mass is 9.61. The Bertz CT molecular complexity index is 568. The first-order valence-corrected chi connectivity index (χ1v) is 8.93. The molecule has 1 atom stereocenters. The fourth-order valence-electron chi connectivity index (χ4n) is 3.82. The van der Waals surface area contributed by atoms with Crippen molar-refractivity contribution in [3.63, 3.8) is 0 Å². The maximum absolute atomic E-state index is 13.3. The van der Waals surface area contributed by atoms with E-state index in [0.717, 1.165) is 29.7 Å². The standard InChI is InChI=1S/C17H21Cl2F2NO/c18-13-3-2-12(10-14(13)19)16(4-1-5-16)15(23)11-22-8-6-17(20,21)7-9-22/h2-3,10,15,23H,1,4-9,11H2/p+1. The summed E-state index contributed by atoms with van der Waals surface area (Å²) in [5.41, 5.74) is 0.702. The Balaban J connectivity index is 1.71. The number of piperidine rings is 1. The molecule has 6 heteroatoms. The third-order valence-corrected chi connectivity index (χ3v) is 6.29. The summed E-state index contributed by atoms with van der Waals surface area (Å²) in [5.74, 6) is -2.54. The quantitative estimate of drug-likeness (QED) is 0.842. The zero-order chi connectivity index (χ0) is 16.7. The van der Waals surface area contributed by atoms with E-state index < -0.39 is 12.0 Å². The highest BCUT2D eigenvalue weighted by Crippen LogP contribution is 2.47. The minimum Gasteiger partial charge on any atom is -0.386 e. The molecule has 1 saturated heterocycles. The number of rotatable bonds is 4. The van der Waals surface area contributed by atoms with Crippen LogP contribution in [0.1, 0.15) is 37.7 Å². The SMILES string of the molecule is OC(C[NH+]1CCC(F)(F)CC1)C1(c2ccc(Cl)c(Cl)c2)CCC1. The van der Waals surface area contributed by atoms with Crippen LogP contribution in [0.3, 0.4) is 0 Å². The second kappa shape index (κ2) is 6.47. The molecular weight excluding hydrogens is 343 g/mol. The molecule has 2 aliphatic rings. The molecule has 23 heavy (non-hydrogen) atoms. The number of hydrogen-bond acceptors (Lipinski definition) is 1. The summed E-state index contributed by atoms with van der Waals surface area (Å²) >= 11 is 12.1. The number of quaternary nitrogens is 1. The molecule has 2 nitrogen and oxygen atoms in total. The summed E-state index contributed by atoms with van der Waals surface area (Å²) in [6, 6.07) is 5.53. The van der Waals surface area contributed by atoms with Crippen molar-refractivity contribution in [3.05, 3.63) is 33.8 Å². The highest BCUT2D eigenvalue weighted by molar-refractivity contribution is 6.42. The first-order valence-electron chi connectivity index (χ1n) is 8.17. The highest BCUT2D eigenvalue weighted by atomic mass is 35.5. The van der Waals surface area contributed by atoms with E-state index in [2.05, 4.69) is 0 Å². The number of aliphatic hydroxyl groups is 1. The second-order valence-electron chi connectivity index (χ2n) is 6.96. The van der Waals surface area contributed by atoms with Gasteiger partial charge in [0.2, 0.25) is 0 Å². The largest absolute Gasteiger partial charge is 0.386 e. The van der Waals surface area contributed by atoms with Crippen molar-refractivity contribution >= 4 is 23.2 Å². The van der Waals surface area contributed by atoms with E-state index in [1.807, 2.05) is 12.1 Å². The van der Waals surface area contributed by atoms with Crippen LogP contribution in [0.5, 0.6) is 0 Å². The van der Waals surface area contributed by atoms with Gasteiger partial charge in [0, 0.05) is 5.41 Å². The molecule has 0 bridgehead atoms. The van der Waals surface area contributed by atoms with Crippen molar-refractivity contribution in [2.24, 2.45) is 0 Å². The number of aliphatic hydroxyl groups excluding tert-OH is 1. The van der Waals surface area contributed by atoms with Gasteiger partial charge in [-0.05, 0) is 30.5 Å². The van der Waals surface area contributed by atoms with E-state index in [4.69, 9.17) is 23.2 Å². The van der Waals surface area contributed by atoms with Crippen LogP contribution in [0.4, 0.5) is 8.78 Å². The lowest BCUT2D eigenvalue weighted by Gasteiger charge is -2.46. The van der Waals surface area contributed by atoms with Crippen LogP contribution in [-0.4, -0.2) is 36.8 Å². The van der Waals surface area contributed by atoms with Gasteiger partial charge in [0.1, 0.15) is 12.6 Å². The number of benzene rings is 1. The van der Waals surface area contributed by atoms with Gasteiger partial charge in [0.05, 0.1) is 36.0 Å². The fourth-order valence-corrected chi connectivity index (χ4v) is 4.12. The Hall–Kier alpha value is -0.420. The molecule has 1 aromatic carbocycles. The Morgan fingerprint density at radius 2 is 1.74 bits per heavy atom. The molecule has 2 fully saturated rings. The molecule has 0 radical (unpaired) electrons. The van der Waals surface area contributed by atoms with Gasteiger partial charge >= 0.3 is 0 Å². The zero-order valence-corrected chi connectivity index (χ0v) is 14.4. The van der Waals surface area contributed by atoms with Crippen molar-refractivity contribution in [2.45, 2.75) is 49.5 Å². The predicted molar refractivity (Wildman–Crippen MR) is 87.7 cm³/mol. The van der Waals surface area contributed by atoms with Gasteiger partial charge in [-0.3, -0.25) is 0 Å². The maximum atomic E-state index is 13.3. The molecule has 3 rings (SSSR count). The van der Waals surface area contributed by atoms with Crippen molar-refractivity contribution in [1.29, 1.82) is 0 Å². The number of nitrogens with one attached hydrogen (secondary N) is 1. The van der Waals surface area contributed by atoms with E-state index >= 15 is 0 Å². The van der Waals surface area contributed by atoms with Crippen molar-refractivity contribution in [2.75, 3.05) is 19.6 Å². The smallest absolute Gasteiger partial charge is 0.258 e. The molecular formula is C17H22Cl2F2NO+. The summed E-state index contributed by atoms with van der Waals surface area (Å²) in [6.45, 7) is 1.35. The molecule has 1 heterocycles. The Kier molecular flexibility index (Phi) is 4.90. The third kappa shape index (κ3) is 3.51. The maximum Gasteiger partial charge on any atom is 0.258 e. The van der Waals surface area contributed by atoms with Crippen LogP contribution in [0.2, 0.25) is 10.0 Å². The topological polar surface area (TPSA) is 24.7 Å². The molecule has 1 aliphatic carbocycles. The van der Waals surface area contributed by atoms with Gasteiger partial charge in [0.15, 0.2) is 0 Å². The lowest BCUT2D eigenvalue weighted by molar-refractivity contribution is -0.911. The number of hydrogen-bond donors (Lipinski definition) is 2. The number of alkyl halides is 2. The van der Waals surface area contributed by atoms with Crippen LogP contribution in [0, 0.1) is 0 Å². The summed E-state index contributed by atoms with van der Waals surface area (Å²) in [4.78, 5) is 1.06. The molecule has 0 spiro atoms. The van der Waals surface area contributed by atoms with Gasteiger partial charge < -0.3 is 10.0 Å². The van der Waals surface area contributed by atoms with E-state index in [-0.39, 0.29) is 18.3 Å². The van der Waals surface area contributed by atoms with Crippen molar-refractivity contribution in [1.82, 2.24) is 0 Å². The first-order chi connectivity index (χ1) is 10.8. The molecule has 1 aliphatic heterocycles. The van der Waals surface area contributed by atoms with Crippen LogP contribution in [0.15, 0.2) is 18.2 Å². The zero-order valence-electron chi connectivity index (χ0n) is 12.9. The van der Waals surface area contributed by atoms with E-state index in [0.29, 0.717) is 29.7 Å². The van der Waals surface area contributed by atoms with Gasteiger partial charge in [0.25, 0.3) is 5.92 Å². The Morgan fingerprint density at radius 1 is 1.09 bits per heavy atom. The fraction of sp³-hybridized carbons (Fsp3) is 0.647. The minimum absolute atomic E-state index is 0.0885. The summed E-state index contributed by atoms with van der Waals surface area (Å²) < 4.78 is 26.5. The molecule has 1 unspecified atom stereocenters. The van der Waals surface area contributed by atoms with E-state index in [1.165, 1.54) is 0 Å². The lowest BCUT2D eigenvalue weighted by Crippen LogP contribution is -3.14. The van der Waals surface area contributed by atoms with Gasteiger partial charge in [-0.15, -0.1) is 0 Å². The van der Waals surface area contributed by atoms with Crippen LogP contribution in [-0.2, 0) is 5.41 Å². The van der Waals surface area contributed by atoms with Crippen molar-refractivity contribution in [3.8, 4) is 0 Å². The van der Waals surface area contributed by atoms with E-state index in [9.17, 15) is 13.9 Å². The third-order valence-electron chi connectivity index (χ3n) is 5.55. The monoisotopic (exact) mass is 364 g/mol. The normalized spacial score (nSPS) is 24.9. The average molecular weight is 365 g/mol. The Labute approximate surface area is 145 Å². The second-order valence-corrected chi connectivity index (χ2v) is 7.78. The molecule has 0 amide bonds. The van der Waals surface area contributed by atoms with Gasteiger partial charge in [-0.25, -0.2) is 8.78 Å². The molecule has 2 N–H and O–H groups in total. The molecule has 1 saturated carbocycles. The minimum atomic E-state index is -2.54. The molecule has 1 aromatic rings. The van der Waals surface area contributed by atoms with E-state index in [1.54, 1.807) is 6.07 Å². The number of halogens is 4. The van der Waals surface area contributed by atoms with Gasteiger partial charge in [-0.1, -0.05) is 35.7 Å². The van der Waals surface area contributed by atoms with Gasteiger partial charge in [-0.2, -0.15) is 0 Å². The Morgan fingerprint density at radius 3 is 2.26 bits per heavy atom. The molecule has 0 aromatic heterocycles. The summed E-state index contributed by atoms with van der Waals surface area (Å²) in [6.07, 6.45) is 2.13. The van der Waals surface area contributed by atoms with Crippen LogP contribution < -0.4 is 4.90 Å². The predicted octanol–water partition coefficient (Wildman–Crippen LogP) is 3.09. The molecule has 128 valence electrons. The number of likely N-dealkylation sites (tertiary alicyclic amines) is 1. The summed E-state index contributed by atoms with van der Waals surface area (Å²) in [7, 11) is 0. The average Bonchev–Trinajstić information content (AvgIpc) is 2.44.